The van der Waals surface area contributed by atoms with Gasteiger partial charge < -0.3 is 4.90 Å². The maximum Gasteiger partial charge on any atom is 0.228 e. The molecule has 3 aromatic heterocycles. The molecule has 104 valence electrons. The minimum absolute atomic E-state index is 0.0558. The average molecular weight is 326 g/mol. The van der Waals surface area contributed by atoms with Crippen molar-refractivity contribution in [1.29, 1.82) is 0 Å². The lowest BCUT2D eigenvalue weighted by molar-refractivity contribution is -0.129. The summed E-state index contributed by atoms with van der Waals surface area (Å²) in [6.45, 7) is 0.582. The van der Waals surface area contributed by atoms with Gasteiger partial charge in [0.1, 0.15) is 0 Å². The van der Waals surface area contributed by atoms with Crippen molar-refractivity contribution in [3.05, 3.63) is 44.8 Å². The molecule has 0 spiro atoms. The molecule has 0 aliphatic rings. The van der Waals surface area contributed by atoms with Gasteiger partial charge in [-0.25, -0.2) is 4.98 Å². The quantitative estimate of drug-likeness (QED) is 0.738. The van der Waals surface area contributed by atoms with Gasteiger partial charge in [-0.15, -0.1) is 22.7 Å². The SMILES string of the molecule is CN(Cc1ccc(Cl)s1)C(=O)Cc1cn2ccsc2n1. The smallest absolute Gasteiger partial charge is 0.228 e. The van der Waals surface area contributed by atoms with Crippen LogP contribution in [-0.4, -0.2) is 27.2 Å². The molecule has 0 aliphatic heterocycles. The molecule has 0 bridgehead atoms. The Hall–Kier alpha value is -1.37. The third-order valence-electron chi connectivity index (χ3n) is 2.92. The summed E-state index contributed by atoms with van der Waals surface area (Å²) < 4.78 is 2.68. The van der Waals surface area contributed by atoms with E-state index >= 15 is 0 Å². The lowest BCUT2D eigenvalue weighted by Gasteiger charge is -2.15. The highest BCUT2D eigenvalue weighted by Crippen LogP contribution is 2.22. The van der Waals surface area contributed by atoms with E-state index in [1.807, 2.05) is 34.3 Å². The van der Waals surface area contributed by atoms with Crippen LogP contribution < -0.4 is 0 Å². The Morgan fingerprint density at radius 2 is 2.35 bits per heavy atom. The molecular weight excluding hydrogens is 314 g/mol. The molecular formula is C13H12ClN3OS2. The van der Waals surface area contributed by atoms with E-state index in [9.17, 15) is 4.79 Å². The minimum Gasteiger partial charge on any atom is -0.340 e. The molecule has 0 radical (unpaired) electrons. The van der Waals surface area contributed by atoms with E-state index in [4.69, 9.17) is 11.6 Å². The van der Waals surface area contributed by atoms with E-state index in [0.29, 0.717) is 13.0 Å². The summed E-state index contributed by atoms with van der Waals surface area (Å²) in [5, 5.41) is 1.97. The number of carbonyl (C=O) groups is 1. The molecule has 3 aromatic rings. The summed E-state index contributed by atoms with van der Waals surface area (Å²) in [6.07, 6.45) is 4.17. The van der Waals surface area contributed by atoms with Crippen molar-refractivity contribution in [2.24, 2.45) is 0 Å². The highest BCUT2D eigenvalue weighted by Gasteiger charge is 2.13. The van der Waals surface area contributed by atoms with Crippen molar-refractivity contribution in [3.63, 3.8) is 0 Å². The molecule has 1 amide bonds. The molecule has 3 rings (SSSR count). The van der Waals surface area contributed by atoms with Crippen molar-refractivity contribution in [3.8, 4) is 0 Å². The number of hydrogen-bond acceptors (Lipinski definition) is 4. The molecule has 0 aromatic carbocycles. The first-order valence-corrected chi connectivity index (χ1v) is 8.08. The van der Waals surface area contributed by atoms with Crippen LogP contribution in [-0.2, 0) is 17.8 Å². The zero-order valence-corrected chi connectivity index (χ0v) is 13.1. The standard InChI is InChI=1S/C13H12ClN3OS2/c1-16(8-10-2-3-11(14)20-10)12(18)6-9-7-17-4-5-19-13(17)15-9/h2-5,7H,6,8H2,1H3. The molecule has 0 fully saturated rings. The maximum absolute atomic E-state index is 12.2. The van der Waals surface area contributed by atoms with Crippen LogP contribution in [0.1, 0.15) is 10.6 Å². The molecule has 7 heteroatoms. The molecule has 0 saturated heterocycles. The normalized spacial score (nSPS) is 11.1. The lowest BCUT2D eigenvalue weighted by atomic mass is 10.3. The summed E-state index contributed by atoms with van der Waals surface area (Å²) in [4.78, 5) is 20.3. The molecule has 0 aliphatic carbocycles. The number of thiazole rings is 1. The Morgan fingerprint density at radius 1 is 1.50 bits per heavy atom. The van der Waals surface area contributed by atoms with E-state index in [-0.39, 0.29) is 5.91 Å². The number of rotatable bonds is 4. The summed E-state index contributed by atoms with van der Waals surface area (Å²) in [7, 11) is 1.80. The van der Waals surface area contributed by atoms with Crippen LogP contribution in [0.15, 0.2) is 29.9 Å². The van der Waals surface area contributed by atoms with E-state index < -0.39 is 0 Å². The van der Waals surface area contributed by atoms with Crippen LogP contribution >= 0.6 is 34.3 Å². The predicted molar refractivity (Wildman–Crippen MR) is 82.6 cm³/mol. The lowest BCUT2D eigenvalue weighted by Crippen LogP contribution is -2.27. The molecule has 20 heavy (non-hydrogen) atoms. The molecule has 0 atom stereocenters. The molecule has 4 nitrogen and oxygen atoms in total. The van der Waals surface area contributed by atoms with Gasteiger partial charge in [-0.1, -0.05) is 11.6 Å². The molecule has 0 unspecified atom stereocenters. The first-order chi connectivity index (χ1) is 9.61. The number of nitrogens with zero attached hydrogens (tertiary/aromatic N) is 3. The number of likely N-dealkylation sites (N-methyl/N-ethyl adjacent to an activating group) is 1. The van der Waals surface area contributed by atoms with Gasteiger partial charge in [0, 0.05) is 29.7 Å². The Balaban J connectivity index is 1.64. The van der Waals surface area contributed by atoms with Gasteiger partial charge in [-0.3, -0.25) is 9.20 Å². The zero-order chi connectivity index (χ0) is 14.1. The number of fused-ring (bicyclic) bond motifs is 1. The summed E-state index contributed by atoms with van der Waals surface area (Å²) in [5.41, 5.74) is 0.804. The summed E-state index contributed by atoms with van der Waals surface area (Å²) >= 11 is 8.95. The molecule has 0 N–H and O–H groups in total. The van der Waals surface area contributed by atoms with E-state index in [1.54, 1.807) is 23.3 Å². The highest BCUT2D eigenvalue weighted by molar-refractivity contribution is 7.16. The third kappa shape index (κ3) is 2.87. The fraction of sp³-hybridized carbons (Fsp3) is 0.231. The van der Waals surface area contributed by atoms with Crippen molar-refractivity contribution in [2.75, 3.05) is 7.05 Å². The molecule has 3 heterocycles. The van der Waals surface area contributed by atoms with E-state index in [1.165, 1.54) is 11.3 Å². The van der Waals surface area contributed by atoms with Crippen molar-refractivity contribution in [1.82, 2.24) is 14.3 Å². The number of hydrogen-bond donors (Lipinski definition) is 0. The second kappa shape index (κ2) is 5.55. The van der Waals surface area contributed by atoms with Gasteiger partial charge in [0.15, 0.2) is 4.96 Å². The molecule has 0 saturated carbocycles. The maximum atomic E-state index is 12.2. The highest BCUT2D eigenvalue weighted by atomic mass is 35.5. The van der Waals surface area contributed by atoms with Crippen LogP contribution in [0.3, 0.4) is 0 Å². The Kier molecular flexibility index (Phi) is 3.78. The second-order valence-corrected chi connectivity index (χ2v) is 7.13. The first-order valence-electron chi connectivity index (χ1n) is 6.01. The number of imidazole rings is 1. The van der Waals surface area contributed by atoms with Crippen molar-refractivity contribution in [2.45, 2.75) is 13.0 Å². The van der Waals surface area contributed by atoms with Gasteiger partial charge in [0.05, 0.1) is 23.0 Å². The minimum atomic E-state index is 0.0558. The summed E-state index contributed by atoms with van der Waals surface area (Å²) in [6, 6.07) is 3.80. The van der Waals surface area contributed by atoms with Gasteiger partial charge in [-0.2, -0.15) is 0 Å². The second-order valence-electron chi connectivity index (χ2n) is 4.46. The fourth-order valence-electron chi connectivity index (χ4n) is 1.91. The Labute approximate surface area is 129 Å². The zero-order valence-electron chi connectivity index (χ0n) is 10.7. The van der Waals surface area contributed by atoms with Gasteiger partial charge >= 0.3 is 0 Å². The average Bonchev–Trinajstić information content (AvgIpc) is 3.05. The van der Waals surface area contributed by atoms with Gasteiger partial charge in [0.25, 0.3) is 0 Å². The predicted octanol–water partition coefficient (Wildman–Crippen LogP) is 3.31. The van der Waals surface area contributed by atoms with Crippen LogP contribution in [0.4, 0.5) is 0 Å². The van der Waals surface area contributed by atoms with Crippen LogP contribution in [0.5, 0.6) is 0 Å². The monoisotopic (exact) mass is 325 g/mol. The number of carbonyl (C=O) groups excluding carboxylic acids is 1. The van der Waals surface area contributed by atoms with Gasteiger partial charge in [0.2, 0.25) is 5.91 Å². The van der Waals surface area contributed by atoms with Gasteiger partial charge in [-0.05, 0) is 12.1 Å². The van der Waals surface area contributed by atoms with Crippen LogP contribution in [0.25, 0.3) is 4.96 Å². The summed E-state index contributed by atoms with van der Waals surface area (Å²) in [5.74, 6) is 0.0558. The number of halogens is 1. The third-order valence-corrected chi connectivity index (χ3v) is 4.91. The number of aromatic nitrogens is 2. The van der Waals surface area contributed by atoms with E-state index in [0.717, 1.165) is 19.9 Å². The van der Waals surface area contributed by atoms with Crippen molar-refractivity contribution >= 4 is 45.1 Å². The Morgan fingerprint density at radius 3 is 3.05 bits per heavy atom. The van der Waals surface area contributed by atoms with Crippen LogP contribution in [0, 0.1) is 0 Å². The fourth-order valence-corrected chi connectivity index (χ4v) is 3.77. The van der Waals surface area contributed by atoms with Crippen molar-refractivity contribution < 1.29 is 4.79 Å². The van der Waals surface area contributed by atoms with Crippen LogP contribution in [0.2, 0.25) is 4.34 Å². The number of thiophene rings is 1. The Bertz CT molecular complexity index is 717. The number of amides is 1. The van der Waals surface area contributed by atoms with E-state index in [2.05, 4.69) is 4.98 Å². The topological polar surface area (TPSA) is 37.6 Å². The first kappa shape index (κ1) is 13.6. The largest absolute Gasteiger partial charge is 0.340 e.